The van der Waals surface area contributed by atoms with Crippen molar-refractivity contribution in [1.82, 2.24) is 14.6 Å². The summed E-state index contributed by atoms with van der Waals surface area (Å²) in [4.78, 5) is 18.2. The van der Waals surface area contributed by atoms with Gasteiger partial charge in [0.2, 0.25) is 11.8 Å². The maximum Gasteiger partial charge on any atom is 0.232 e. The molecule has 1 aliphatic rings. The average molecular weight is 416 g/mol. The number of benzene rings is 2. The third kappa shape index (κ3) is 3.74. The summed E-state index contributed by atoms with van der Waals surface area (Å²) in [5, 5.41) is 4.59. The first kappa shape index (κ1) is 19.2. The SMILES string of the molecule is C[C@@H](Oc1ccc2ncc(-c3ccc(N4CCCC4=O)cc3)n2n1)c1cccc(F)c1. The third-order valence-corrected chi connectivity index (χ3v) is 5.50. The Morgan fingerprint density at radius 1 is 1.10 bits per heavy atom. The summed E-state index contributed by atoms with van der Waals surface area (Å²) in [6, 6.07) is 17.8. The van der Waals surface area contributed by atoms with Crippen LogP contribution in [0.3, 0.4) is 0 Å². The number of anilines is 1. The van der Waals surface area contributed by atoms with Crippen LogP contribution in [-0.4, -0.2) is 27.0 Å². The number of carbonyl (C=O) groups excluding carboxylic acids is 1. The summed E-state index contributed by atoms with van der Waals surface area (Å²) in [5.41, 5.74) is 4.09. The maximum atomic E-state index is 13.5. The van der Waals surface area contributed by atoms with Gasteiger partial charge < -0.3 is 9.64 Å². The summed E-state index contributed by atoms with van der Waals surface area (Å²) in [7, 11) is 0. The lowest BCUT2D eigenvalue weighted by Crippen LogP contribution is -2.23. The summed E-state index contributed by atoms with van der Waals surface area (Å²) in [6.45, 7) is 2.62. The second-order valence-corrected chi connectivity index (χ2v) is 7.60. The van der Waals surface area contributed by atoms with Gasteiger partial charge in [0.1, 0.15) is 11.9 Å². The van der Waals surface area contributed by atoms with E-state index in [0.717, 1.165) is 35.5 Å². The molecule has 2 aromatic carbocycles. The minimum Gasteiger partial charge on any atom is -0.469 e. The van der Waals surface area contributed by atoms with Crippen LogP contribution in [-0.2, 0) is 4.79 Å². The molecule has 7 heteroatoms. The molecule has 0 bridgehead atoms. The first-order valence-corrected chi connectivity index (χ1v) is 10.3. The fourth-order valence-electron chi connectivity index (χ4n) is 3.86. The number of hydrogen-bond acceptors (Lipinski definition) is 4. The molecule has 2 aromatic heterocycles. The maximum absolute atomic E-state index is 13.5. The fourth-order valence-corrected chi connectivity index (χ4v) is 3.86. The van der Waals surface area contributed by atoms with Crippen molar-refractivity contribution in [3.8, 4) is 17.1 Å². The number of ether oxygens (including phenoxy) is 1. The molecule has 0 N–H and O–H groups in total. The molecule has 156 valence electrons. The van der Waals surface area contributed by atoms with Gasteiger partial charge in [-0.1, -0.05) is 24.3 Å². The Bertz CT molecular complexity index is 1250. The van der Waals surface area contributed by atoms with Crippen LogP contribution < -0.4 is 9.64 Å². The van der Waals surface area contributed by atoms with Crippen LogP contribution in [0.2, 0.25) is 0 Å². The van der Waals surface area contributed by atoms with Gasteiger partial charge in [-0.2, -0.15) is 0 Å². The lowest BCUT2D eigenvalue weighted by atomic mass is 10.1. The van der Waals surface area contributed by atoms with Crippen molar-refractivity contribution in [3.63, 3.8) is 0 Å². The molecule has 3 heterocycles. The predicted molar refractivity (Wildman–Crippen MR) is 115 cm³/mol. The van der Waals surface area contributed by atoms with Gasteiger partial charge in [-0.05, 0) is 49.2 Å². The van der Waals surface area contributed by atoms with E-state index < -0.39 is 0 Å². The lowest BCUT2D eigenvalue weighted by molar-refractivity contribution is -0.117. The lowest BCUT2D eigenvalue weighted by Gasteiger charge is -2.16. The molecule has 1 aliphatic heterocycles. The topological polar surface area (TPSA) is 59.7 Å². The zero-order valence-corrected chi connectivity index (χ0v) is 17.0. The highest BCUT2D eigenvalue weighted by Gasteiger charge is 2.21. The van der Waals surface area contributed by atoms with Gasteiger partial charge in [0, 0.05) is 30.3 Å². The van der Waals surface area contributed by atoms with Crippen molar-refractivity contribution in [2.24, 2.45) is 0 Å². The Hall–Kier alpha value is -3.74. The van der Waals surface area contributed by atoms with Crippen LogP contribution in [0.4, 0.5) is 10.1 Å². The molecule has 1 amide bonds. The minimum atomic E-state index is -0.357. The van der Waals surface area contributed by atoms with Crippen molar-refractivity contribution >= 4 is 17.2 Å². The molecule has 1 atom stereocenters. The number of aromatic nitrogens is 3. The zero-order valence-electron chi connectivity index (χ0n) is 17.0. The van der Waals surface area contributed by atoms with Gasteiger partial charge in [0.15, 0.2) is 5.65 Å². The number of amides is 1. The van der Waals surface area contributed by atoms with Crippen LogP contribution in [0.1, 0.15) is 31.4 Å². The third-order valence-electron chi connectivity index (χ3n) is 5.50. The number of fused-ring (bicyclic) bond motifs is 1. The predicted octanol–water partition coefficient (Wildman–Crippen LogP) is 4.80. The highest BCUT2D eigenvalue weighted by molar-refractivity contribution is 5.95. The average Bonchev–Trinajstić information content (AvgIpc) is 3.40. The number of imidazole rings is 1. The highest BCUT2D eigenvalue weighted by Crippen LogP contribution is 2.27. The molecule has 5 rings (SSSR count). The Kier molecular flexibility index (Phi) is 4.86. The van der Waals surface area contributed by atoms with Crippen LogP contribution >= 0.6 is 0 Å². The summed E-state index contributed by atoms with van der Waals surface area (Å²) in [5.74, 6) is 0.286. The fraction of sp³-hybridized carbons (Fsp3) is 0.208. The van der Waals surface area contributed by atoms with Gasteiger partial charge in [0.25, 0.3) is 0 Å². The minimum absolute atomic E-state index is 0.165. The van der Waals surface area contributed by atoms with E-state index in [-0.39, 0.29) is 17.8 Å². The van der Waals surface area contributed by atoms with E-state index in [1.54, 1.807) is 22.8 Å². The highest BCUT2D eigenvalue weighted by atomic mass is 19.1. The molecule has 6 nitrogen and oxygen atoms in total. The van der Waals surface area contributed by atoms with Crippen LogP contribution in [0.25, 0.3) is 16.9 Å². The molecular formula is C24H21FN4O2. The zero-order chi connectivity index (χ0) is 21.4. The van der Waals surface area contributed by atoms with Gasteiger partial charge in [-0.3, -0.25) is 4.79 Å². The van der Waals surface area contributed by atoms with E-state index in [2.05, 4.69) is 10.1 Å². The second kappa shape index (κ2) is 7.83. The normalized spacial score (nSPS) is 14.9. The quantitative estimate of drug-likeness (QED) is 0.469. The van der Waals surface area contributed by atoms with Gasteiger partial charge in [0.05, 0.1) is 11.9 Å². The number of carbonyl (C=O) groups is 1. The summed E-state index contributed by atoms with van der Waals surface area (Å²) >= 11 is 0. The number of nitrogens with zero attached hydrogens (tertiary/aromatic N) is 4. The molecule has 0 spiro atoms. The summed E-state index contributed by atoms with van der Waals surface area (Å²) < 4.78 is 21.2. The number of rotatable bonds is 5. The summed E-state index contributed by atoms with van der Waals surface area (Å²) in [6.07, 6.45) is 2.91. The molecular weight excluding hydrogens is 395 g/mol. The first-order chi connectivity index (χ1) is 15.1. The van der Waals surface area contributed by atoms with Crippen molar-refractivity contribution in [3.05, 3.63) is 78.2 Å². The van der Waals surface area contributed by atoms with E-state index in [9.17, 15) is 9.18 Å². The van der Waals surface area contributed by atoms with Crippen molar-refractivity contribution in [1.29, 1.82) is 0 Å². The van der Waals surface area contributed by atoms with E-state index in [0.29, 0.717) is 17.9 Å². The standard InChI is InChI=1S/C24H21FN4O2/c1-16(18-4-2-5-19(25)14-18)31-23-12-11-22-26-15-21(29(22)27-23)17-7-9-20(10-8-17)28-13-3-6-24(28)30/h2,4-5,7-12,14-16H,3,6,13H2,1H3/t16-/m1/s1. The van der Waals surface area contributed by atoms with E-state index in [1.807, 2.05) is 48.2 Å². The Balaban J connectivity index is 1.42. The first-order valence-electron chi connectivity index (χ1n) is 10.3. The number of halogens is 1. The van der Waals surface area contributed by atoms with E-state index in [4.69, 9.17) is 4.74 Å². The monoisotopic (exact) mass is 416 g/mol. The molecule has 31 heavy (non-hydrogen) atoms. The largest absolute Gasteiger partial charge is 0.469 e. The van der Waals surface area contributed by atoms with E-state index >= 15 is 0 Å². The van der Waals surface area contributed by atoms with Crippen LogP contribution in [0, 0.1) is 5.82 Å². The molecule has 4 aromatic rings. The molecule has 1 saturated heterocycles. The Morgan fingerprint density at radius 2 is 1.94 bits per heavy atom. The van der Waals surface area contributed by atoms with Gasteiger partial charge in [-0.15, -0.1) is 5.10 Å². The molecule has 0 radical (unpaired) electrons. The Labute approximate surface area is 178 Å². The van der Waals surface area contributed by atoms with Crippen molar-refractivity contribution < 1.29 is 13.9 Å². The van der Waals surface area contributed by atoms with Crippen LogP contribution in [0.15, 0.2) is 66.9 Å². The molecule has 0 saturated carbocycles. The van der Waals surface area contributed by atoms with Crippen molar-refractivity contribution in [2.75, 3.05) is 11.4 Å². The van der Waals surface area contributed by atoms with Crippen molar-refractivity contribution in [2.45, 2.75) is 25.9 Å². The molecule has 0 unspecified atom stereocenters. The molecule has 1 fully saturated rings. The van der Waals surface area contributed by atoms with Gasteiger partial charge >= 0.3 is 0 Å². The number of hydrogen-bond donors (Lipinski definition) is 0. The molecule has 0 aliphatic carbocycles. The van der Waals surface area contributed by atoms with Gasteiger partial charge in [-0.25, -0.2) is 13.9 Å². The van der Waals surface area contributed by atoms with E-state index in [1.165, 1.54) is 12.1 Å². The Morgan fingerprint density at radius 3 is 2.68 bits per heavy atom. The van der Waals surface area contributed by atoms with Crippen LogP contribution in [0.5, 0.6) is 5.88 Å². The second-order valence-electron chi connectivity index (χ2n) is 7.60. The smallest absolute Gasteiger partial charge is 0.232 e.